The number of fused-ring (bicyclic) bond motifs is 2. The minimum Gasteiger partial charge on any atom is -0.336 e. The molecule has 3 aromatic carbocycles. The van der Waals surface area contributed by atoms with Crippen molar-refractivity contribution < 1.29 is 13.2 Å². The summed E-state index contributed by atoms with van der Waals surface area (Å²) in [5.74, 6) is -0.358. The van der Waals surface area contributed by atoms with E-state index in [1.807, 2.05) is 24.3 Å². The summed E-state index contributed by atoms with van der Waals surface area (Å²) in [4.78, 5) is 40.2. The summed E-state index contributed by atoms with van der Waals surface area (Å²) in [6, 6.07) is 19.4. The molecule has 4 aromatic rings. The van der Waals surface area contributed by atoms with Gasteiger partial charge in [0.1, 0.15) is 6.04 Å². The molecule has 0 fully saturated rings. The molecule has 10 heteroatoms. The second kappa shape index (κ2) is 9.45. The molecule has 1 aliphatic heterocycles. The van der Waals surface area contributed by atoms with Crippen LogP contribution in [0.25, 0.3) is 10.9 Å². The molecule has 1 N–H and O–H groups in total. The number of nitrogens with one attached hydrogen (secondary N) is 1. The van der Waals surface area contributed by atoms with Crippen molar-refractivity contribution >= 4 is 26.8 Å². The molecule has 1 amide bonds. The van der Waals surface area contributed by atoms with Crippen LogP contribution in [0.2, 0.25) is 0 Å². The number of nitrogens with zero attached hydrogens (tertiary/aromatic N) is 3. The Labute approximate surface area is 213 Å². The second-order valence-corrected chi connectivity index (χ2v) is 10.8. The normalized spacial score (nSPS) is 14.4. The summed E-state index contributed by atoms with van der Waals surface area (Å²) in [5, 5.41) is 0.0858. The van der Waals surface area contributed by atoms with Crippen LogP contribution in [0.1, 0.15) is 22.7 Å². The van der Waals surface area contributed by atoms with Gasteiger partial charge in [0.15, 0.2) is 0 Å². The highest BCUT2D eigenvalue weighted by Gasteiger charge is 2.32. The highest BCUT2D eigenvalue weighted by Crippen LogP contribution is 2.25. The van der Waals surface area contributed by atoms with Crippen LogP contribution in [0.5, 0.6) is 0 Å². The molecule has 0 saturated heterocycles. The molecule has 37 heavy (non-hydrogen) atoms. The fourth-order valence-corrected chi connectivity index (χ4v) is 5.94. The second-order valence-electron chi connectivity index (χ2n) is 9.13. The molecule has 5 rings (SSSR count). The standard InChI is InChI=1S/C27H26N4O5S/c1-29-23-13-12-21(16-22(23)25(32)30(2)27(29)34)37(35,36)28-24(19-9-4-3-5-10-19)26(33)31-15-14-18-8-6-7-11-20(18)17-31/h3-13,16,24,28H,14-15,17H2,1-2H3/t24-/m0/s1. The first-order valence-electron chi connectivity index (χ1n) is 11.8. The van der Waals surface area contributed by atoms with Crippen molar-refractivity contribution in [3.63, 3.8) is 0 Å². The van der Waals surface area contributed by atoms with Crippen LogP contribution in [-0.2, 0) is 41.9 Å². The zero-order valence-corrected chi connectivity index (χ0v) is 21.2. The molecule has 0 radical (unpaired) electrons. The van der Waals surface area contributed by atoms with Crippen LogP contribution < -0.4 is 16.0 Å². The number of carbonyl (C=O) groups is 1. The monoisotopic (exact) mass is 518 g/mol. The molecule has 2 heterocycles. The lowest BCUT2D eigenvalue weighted by Gasteiger charge is -2.32. The quantitative estimate of drug-likeness (QED) is 0.434. The predicted octanol–water partition coefficient (Wildman–Crippen LogP) is 1.84. The highest BCUT2D eigenvalue weighted by molar-refractivity contribution is 7.89. The summed E-state index contributed by atoms with van der Waals surface area (Å²) in [6.45, 7) is 0.862. The minimum absolute atomic E-state index is 0.0858. The average molecular weight is 519 g/mol. The number of amides is 1. The van der Waals surface area contributed by atoms with Crippen molar-refractivity contribution in [1.29, 1.82) is 0 Å². The van der Waals surface area contributed by atoms with E-state index in [4.69, 9.17) is 0 Å². The molecular weight excluding hydrogens is 492 g/mol. The van der Waals surface area contributed by atoms with Gasteiger partial charge in [0.25, 0.3) is 5.56 Å². The zero-order valence-electron chi connectivity index (χ0n) is 20.4. The Bertz CT molecular complexity index is 1740. The fourth-order valence-electron chi connectivity index (χ4n) is 4.74. The number of aromatic nitrogens is 2. The van der Waals surface area contributed by atoms with Gasteiger partial charge < -0.3 is 4.90 Å². The van der Waals surface area contributed by atoms with E-state index in [-0.39, 0.29) is 16.2 Å². The minimum atomic E-state index is -4.23. The maximum atomic E-state index is 13.7. The SMILES string of the molecule is Cn1c(=O)c2cc(S(=O)(=O)N[C@H](C(=O)N3CCc4ccccc4C3)c3ccccc3)ccc2n(C)c1=O. The van der Waals surface area contributed by atoms with Crippen molar-refractivity contribution in [2.45, 2.75) is 23.9 Å². The Balaban J connectivity index is 1.52. The number of sulfonamides is 1. The van der Waals surface area contributed by atoms with E-state index in [0.717, 1.165) is 10.1 Å². The maximum Gasteiger partial charge on any atom is 0.330 e. The molecule has 0 saturated carbocycles. The maximum absolute atomic E-state index is 13.7. The summed E-state index contributed by atoms with van der Waals surface area (Å²) in [7, 11) is -1.38. The molecule has 0 spiro atoms. The molecular formula is C27H26N4O5S. The summed E-state index contributed by atoms with van der Waals surface area (Å²) in [5.41, 5.74) is 1.92. The molecule has 0 unspecified atom stereocenters. The number of rotatable bonds is 5. The van der Waals surface area contributed by atoms with Crippen molar-refractivity contribution in [3.8, 4) is 0 Å². The van der Waals surface area contributed by atoms with E-state index in [1.54, 1.807) is 35.2 Å². The molecule has 1 aliphatic rings. The molecule has 9 nitrogen and oxygen atoms in total. The number of hydrogen-bond acceptors (Lipinski definition) is 5. The van der Waals surface area contributed by atoms with Crippen molar-refractivity contribution in [2.75, 3.05) is 6.54 Å². The fraction of sp³-hybridized carbons (Fsp3) is 0.222. The van der Waals surface area contributed by atoms with Gasteiger partial charge in [-0.3, -0.25) is 18.7 Å². The molecule has 0 aliphatic carbocycles. The predicted molar refractivity (Wildman–Crippen MR) is 139 cm³/mol. The van der Waals surface area contributed by atoms with Gasteiger partial charge in [0.05, 0.1) is 15.8 Å². The lowest BCUT2D eigenvalue weighted by Crippen LogP contribution is -2.44. The third-order valence-electron chi connectivity index (χ3n) is 6.84. The first-order chi connectivity index (χ1) is 17.7. The van der Waals surface area contributed by atoms with Gasteiger partial charge in [0.2, 0.25) is 15.9 Å². The van der Waals surface area contributed by atoms with Crippen molar-refractivity contribution in [1.82, 2.24) is 18.8 Å². The van der Waals surface area contributed by atoms with Crippen molar-refractivity contribution in [3.05, 3.63) is 110 Å². The highest BCUT2D eigenvalue weighted by atomic mass is 32.2. The lowest BCUT2D eigenvalue weighted by atomic mass is 9.98. The van der Waals surface area contributed by atoms with Crippen LogP contribution in [0.15, 0.2) is 87.3 Å². The Morgan fingerprint density at radius 2 is 1.57 bits per heavy atom. The first kappa shape index (κ1) is 24.7. The van der Waals surface area contributed by atoms with Crippen LogP contribution in [-0.4, -0.2) is 34.9 Å². The van der Waals surface area contributed by atoms with E-state index >= 15 is 0 Å². The topological polar surface area (TPSA) is 110 Å². The molecule has 1 aromatic heterocycles. The number of benzene rings is 3. The van der Waals surface area contributed by atoms with E-state index in [9.17, 15) is 22.8 Å². The van der Waals surface area contributed by atoms with Gasteiger partial charge in [-0.2, -0.15) is 4.72 Å². The van der Waals surface area contributed by atoms with Gasteiger partial charge in [-0.05, 0) is 41.3 Å². The third-order valence-corrected chi connectivity index (χ3v) is 8.26. The van der Waals surface area contributed by atoms with Crippen LogP contribution in [0.3, 0.4) is 0 Å². The Hall–Kier alpha value is -4.02. The van der Waals surface area contributed by atoms with Gasteiger partial charge in [-0.1, -0.05) is 54.6 Å². The van der Waals surface area contributed by atoms with E-state index in [1.165, 1.54) is 42.4 Å². The van der Waals surface area contributed by atoms with E-state index in [2.05, 4.69) is 4.72 Å². The summed E-state index contributed by atoms with van der Waals surface area (Å²) < 4.78 is 31.9. The van der Waals surface area contributed by atoms with Gasteiger partial charge >= 0.3 is 5.69 Å². The Morgan fingerprint density at radius 1 is 0.892 bits per heavy atom. The van der Waals surface area contributed by atoms with E-state index < -0.39 is 27.3 Å². The molecule has 190 valence electrons. The lowest BCUT2D eigenvalue weighted by molar-refractivity contribution is -0.134. The van der Waals surface area contributed by atoms with Crippen molar-refractivity contribution in [2.24, 2.45) is 14.1 Å². The summed E-state index contributed by atoms with van der Waals surface area (Å²) in [6.07, 6.45) is 0.683. The number of carbonyl (C=O) groups excluding carboxylic acids is 1. The van der Waals surface area contributed by atoms with Crippen LogP contribution >= 0.6 is 0 Å². The van der Waals surface area contributed by atoms with Gasteiger partial charge in [0, 0.05) is 27.2 Å². The van der Waals surface area contributed by atoms with E-state index in [0.29, 0.717) is 30.6 Å². The first-order valence-corrected chi connectivity index (χ1v) is 13.3. The average Bonchev–Trinajstić information content (AvgIpc) is 2.93. The molecule has 1 atom stereocenters. The Kier molecular flexibility index (Phi) is 6.30. The van der Waals surface area contributed by atoms with Crippen LogP contribution in [0.4, 0.5) is 0 Å². The van der Waals surface area contributed by atoms with Crippen LogP contribution in [0, 0.1) is 0 Å². The zero-order chi connectivity index (χ0) is 26.3. The smallest absolute Gasteiger partial charge is 0.330 e. The number of aryl methyl sites for hydroxylation is 1. The summed E-state index contributed by atoms with van der Waals surface area (Å²) >= 11 is 0. The number of hydrogen-bond donors (Lipinski definition) is 1. The Morgan fingerprint density at radius 3 is 2.30 bits per heavy atom. The third kappa shape index (κ3) is 4.49. The molecule has 0 bridgehead atoms. The van der Waals surface area contributed by atoms with Gasteiger partial charge in [-0.15, -0.1) is 0 Å². The van der Waals surface area contributed by atoms with Gasteiger partial charge in [-0.25, -0.2) is 13.2 Å². The largest absolute Gasteiger partial charge is 0.336 e.